The second-order valence-corrected chi connectivity index (χ2v) is 9.99. The first-order valence-corrected chi connectivity index (χ1v) is 13.7. The molecule has 5 rings (SSSR count). The lowest BCUT2D eigenvalue weighted by atomic mass is 9.99. The summed E-state index contributed by atoms with van der Waals surface area (Å²) in [5.74, 6) is -2.39. The van der Waals surface area contributed by atoms with Crippen molar-refractivity contribution in [2.45, 2.75) is 19.1 Å². The van der Waals surface area contributed by atoms with Crippen molar-refractivity contribution < 1.29 is 42.2 Å². The van der Waals surface area contributed by atoms with Crippen LogP contribution in [0.5, 0.6) is 0 Å². The van der Waals surface area contributed by atoms with Gasteiger partial charge in [-0.15, -0.1) is 0 Å². The SMILES string of the molecule is CCOC(=O)NC[C@H]1CN(c2cc(F)c(N3CCN(C(=O)CNC(=O)C4=CC5C=CC=CC5O4)CC3)c(F)c2)C(=O)O1. The summed E-state index contributed by atoms with van der Waals surface area (Å²) in [7, 11) is 0. The Balaban J connectivity index is 1.11. The third-order valence-corrected chi connectivity index (χ3v) is 7.24. The molecule has 3 aliphatic heterocycles. The number of halogens is 2. The van der Waals surface area contributed by atoms with E-state index in [9.17, 15) is 19.2 Å². The first-order valence-electron chi connectivity index (χ1n) is 13.7. The third kappa shape index (κ3) is 6.31. The molecule has 1 aromatic rings. The lowest BCUT2D eigenvalue weighted by Gasteiger charge is -2.36. The van der Waals surface area contributed by atoms with Crippen LogP contribution >= 0.6 is 0 Å². The Morgan fingerprint density at radius 3 is 2.43 bits per heavy atom. The van der Waals surface area contributed by atoms with E-state index in [0.717, 1.165) is 17.0 Å². The highest BCUT2D eigenvalue weighted by Gasteiger charge is 2.35. The molecular weight excluding hydrogens is 556 g/mol. The quantitative estimate of drug-likeness (QED) is 0.472. The summed E-state index contributed by atoms with van der Waals surface area (Å²) in [6, 6.07) is 2.10. The number of amides is 4. The van der Waals surface area contributed by atoms with Crippen molar-refractivity contribution in [3.05, 3.63) is 59.9 Å². The molecule has 1 aromatic carbocycles. The summed E-state index contributed by atoms with van der Waals surface area (Å²) in [6.45, 7) is 2.29. The first-order chi connectivity index (χ1) is 20.2. The third-order valence-electron chi connectivity index (χ3n) is 7.24. The van der Waals surface area contributed by atoms with Gasteiger partial charge in [0.1, 0.15) is 17.9 Å². The van der Waals surface area contributed by atoms with Gasteiger partial charge in [0.25, 0.3) is 5.91 Å². The van der Waals surface area contributed by atoms with Gasteiger partial charge in [0.15, 0.2) is 17.4 Å². The van der Waals surface area contributed by atoms with Gasteiger partial charge in [-0.1, -0.05) is 18.2 Å². The minimum Gasteiger partial charge on any atom is -0.480 e. The Bertz CT molecular complexity index is 1320. The maximum Gasteiger partial charge on any atom is 0.414 e. The number of hydrogen-bond donors (Lipinski definition) is 2. The number of piperazine rings is 1. The van der Waals surface area contributed by atoms with E-state index < -0.39 is 35.8 Å². The fraction of sp³-hybridized carbons (Fsp3) is 0.429. The molecule has 2 unspecified atom stereocenters. The fourth-order valence-corrected chi connectivity index (χ4v) is 5.12. The summed E-state index contributed by atoms with van der Waals surface area (Å²) in [5, 5.41) is 5.04. The number of carbonyl (C=O) groups is 4. The number of hydrogen-bond acceptors (Lipinski definition) is 8. The van der Waals surface area contributed by atoms with Crippen LogP contribution in [-0.4, -0.2) is 93.5 Å². The number of nitrogens with zero attached hydrogens (tertiary/aromatic N) is 3. The molecule has 2 N–H and O–H groups in total. The molecule has 2 fully saturated rings. The van der Waals surface area contributed by atoms with Crippen molar-refractivity contribution in [2.24, 2.45) is 5.92 Å². The van der Waals surface area contributed by atoms with E-state index in [1.807, 2.05) is 24.3 Å². The number of fused-ring (bicyclic) bond motifs is 1. The van der Waals surface area contributed by atoms with Gasteiger partial charge in [0.05, 0.1) is 31.9 Å². The maximum atomic E-state index is 15.1. The number of carbonyl (C=O) groups excluding carboxylic acids is 4. The molecule has 42 heavy (non-hydrogen) atoms. The van der Waals surface area contributed by atoms with Gasteiger partial charge in [-0.05, 0) is 19.1 Å². The fourth-order valence-electron chi connectivity index (χ4n) is 5.12. The Morgan fingerprint density at radius 1 is 1.02 bits per heavy atom. The van der Waals surface area contributed by atoms with Gasteiger partial charge < -0.3 is 34.6 Å². The monoisotopic (exact) mass is 587 g/mol. The molecule has 224 valence electrons. The van der Waals surface area contributed by atoms with E-state index in [2.05, 4.69) is 10.6 Å². The number of rotatable bonds is 8. The van der Waals surface area contributed by atoms with Crippen LogP contribution in [-0.2, 0) is 23.8 Å². The van der Waals surface area contributed by atoms with E-state index in [1.54, 1.807) is 13.0 Å². The zero-order chi connectivity index (χ0) is 29.8. The number of ether oxygens (including phenoxy) is 3. The van der Waals surface area contributed by atoms with Crippen molar-refractivity contribution in [1.29, 1.82) is 0 Å². The van der Waals surface area contributed by atoms with Crippen molar-refractivity contribution in [1.82, 2.24) is 15.5 Å². The van der Waals surface area contributed by atoms with Crippen molar-refractivity contribution >= 4 is 35.4 Å². The standard InChI is InChI=1S/C28H31F2N5O7/c1-2-40-27(38)32-14-19-16-35(28(39)41-19)18-12-20(29)25(21(30)13-18)34-9-7-33(8-10-34)24(36)15-31-26(37)23-11-17-5-3-4-6-22(17)42-23/h3-6,11-13,17,19,22H,2,7-10,14-16H2,1H3,(H,31,37)(H,32,38)/t17?,19-,22?/m0/s1. The largest absolute Gasteiger partial charge is 0.480 e. The number of cyclic esters (lactones) is 1. The normalized spacial score (nSPS) is 22.7. The molecule has 4 aliphatic rings. The predicted molar refractivity (Wildman–Crippen MR) is 146 cm³/mol. The molecule has 0 aromatic heterocycles. The smallest absolute Gasteiger partial charge is 0.414 e. The summed E-state index contributed by atoms with van der Waals surface area (Å²) < 4.78 is 45.9. The molecular formula is C28H31F2N5O7. The second kappa shape index (κ2) is 12.5. The second-order valence-electron chi connectivity index (χ2n) is 9.99. The van der Waals surface area contributed by atoms with E-state index >= 15 is 8.78 Å². The van der Waals surface area contributed by atoms with Crippen LogP contribution in [0.25, 0.3) is 0 Å². The number of benzene rings is 1. The van der Waals surface area contributed by atoms with Crippen LogP contribution in [0.3, 0.4) is 0 Å². The van der Waals surface area contributed by atoms with Gasteiger partial charge in [-0.25, -0.2) is 18.4 Å². The summed E-state index contributed by atoms with van der Waals surface area (Å²) in [5.41, 5.74) is -0.281. The molecule has 0 spiro atoms. The summed E-state index contributed by atoms with van der Waals surface area (Å²) in [4.78, 5) is 53.0. The van der Waals surface area contributed by atoms with Gasteiger partial charge >= 0.3 is 12.2 Å². The maximum absolute atomic E-state index is 15.1. The number of nitrogens with one attached hydrogen (secondary N) is 2. The van der Waals surface area contributed by atoms with Gasteiger partial charge in [0.2, 0.25) is 5.91 Å². The van der Waals surface area contributed by atoms with Gasteiger partial charge in [-0.3, -0.25) is 14.5 Å². The first kappa shape index (κ1) is 28.9. The molecule has 12 nitrogen and oxygen atoms in total. The van der Waals surface area contributed by atoms with Crippen LogP contribution < -0.4 is 20.4 Å². The minimum atomic E-state index is -0.868. The van der Waals surface area contributed by atoms with Crippen LogP contribution in [0.1, 0.15) is 6.92 Å². The highest BCUT2D eigenvalue weighted by molar-refractivity contribution is 5.94. The molecule has 0 bridgehead atoms. The zero-order valence-corrected chi connectivity index (χ0v) is 22.9. The highest BCUT2D eigenvalue weighted by Crippen LogP contribution is 2.32. The van der Waals surface area contributed by atoms with Crippen molar-refractivity contribution in [3.8, 4) is 0 Å². The Morgan fingerprint density at radius 2 is 1.74 bits per heavy atom. The van der Waals surface area contributed by atoms with Crippen molar-refractivity contribution in [3.63, 3.8) is 0 Å². The summed E-state index contributed by atoms with van der Waals surface area (Å²) >= 11 is 0. The highest BCUT2D eigenvalue weighted by atomic mass is 19.1. The van der Waals surface area contributed by atoms with Crippen molar-refractivity contribution in [2.75, 3.05) is 62.2 Å². The van der Waals surface area contributed by atoms with E-state index in [0.29, 0.717) is 0 Å². The minimum absolute atomic E-state index is 0.0144. The predicted octanol–water partition coefficient (Wildman–Crippen LogP) is 1.83. The molecule has 4 amide bonds. The Labute approximate surface area is 240 Å². The van der Waals surface area contributed by atoms with Crippen LogP contribution in [0.4, 0.5) is 29.7 Å². The molecule has 2 saturated heterocycles. The van der Waals surface area contributed by atoms with Crippen LogP contribution in [0, 0.1) is 17.6 Å². The molecule has 1 aliphatic carbocycles. The zero-order valence-electron chi connectivity index (χ0n) is 22.9. The van der Waals surface area contributed by atoms with Gasteiger partial charge in [-0.2, -0.15) is 0 Å². The van der Waals surface area contributed by atoms with Crippen LogP contribution in [0.2, 0.25) is 0 Å². The molecule has 0 radical (unpaired) electrons. The lowest BCUT2D eigenvalue weighted by molar-refractivity contribution is -0.133. The molecule has 14 heteroatoms. The Hall–Kier alpha value is -4.62. The van der Waals surface area contributed by atoms with E-state index in [4.69, 9.17) is 14.2 Å². The van der Waals surface area contributed by atoms with Gasteiger partial charge in [0, 0.05) is 44.2 Å². The summed E-state index contributed by atoms with van der Waals surface area (Å²) in [6.07, 6.45) is 6.83. The van der Waals surface area contributed by atoms with Crippen LogP contribution in [0.15, 0.2) is 48.3 Å². The average Bonchev–Trinajstić information content (AvgIpc) is 3.58. The molecule has 0 saturated carbocycles. The van der Waals surface area contributed by atoms with E-state index in [1.165, 1.54) is 9.80 Å². The molecule has 3 atom stereocenters. The topological polar surface area (TPSA) is 130 Å². The molecule has 3 heterocycles. The average molecular weight is 588 g/mol. The Kier molecular flexibility index (Phi) is 8.59. The number of alkyl carbamates (subject to hydrolysis) is 1. The van der Waals surface area contributed by atoms with E-state index in [-0.39, 0.29) is 87.5 Å². The number of anilines is 2. The lowest BCUT2D eigenvalue weighted by Crippen LogP contribution is -2.51. The number of allylic oxidation sites excluding steroid dienone is 2.